The standard InChI is InChI=1S/C14H13NO5S/c1-10-2-4-13(5-3-10)21(18,19)20-9-11-6-12(14(16)17)8-15-7-11/h2-8H,9H2,1H3,(H,16,17). The molecule has 0 saturated carbocycles. The van der Waals surface area contributed by atoms with Gasteiger partial charge in [0.15, 0.2) is 0 Å². The van der Waals surface area contributed by atoms with Crippen LogP contribution in [-0.4, -0.2) is 24.5 Å². The van der Waals surface area contributed by atoms with Gasteiger partial charge in [0.25, 0.3) is 10.1 Å². The van der Waals surface area contributed by atoms with Crippen molar-refractivity contribution >= 4 is 16.1 Å². The second-order valence-electron chi connectivity index (χ2n) is 4.42. The van der Waals surface area contributed by atoms with Crippen LogP contribution in [0.3, 0.4) is 0 Å². The van der Waals surface area contributed by atoms with Crippen LogP contribution in [0.4, 0.5) is 0 Å². The molecule has 0 spiro atoms. The second-order valence-corrected chi connectivity index (χ2v) is 6.03. The fourth-order valence-electron chi connectivity index (χ4n) is 1.60. The van der Waals surface area contributed by atoms with Gasteiger partial charge in [0.05, 0.1) is 17.1 Å². The van der Waals surface area contributed by atoms with E-state index in [9.17, 15) is 13.2 Å². The summed E-state index contributed by atoms with van der Waals surface area (Å²) in [6.07, 6.45) is 2.54. The third kappa shape index (κ3) is 3.87. The fraction of sp³-hybridized carbons (Fsp3) is 0.143. The van der Waals surface area contributed by atoms with Gasteiger partial charge >= 0.3 is 5.97 Å². The van der Waals surface area contributed by atoms with Crippen LogP contribution in [0.25, 0.3) is 0 Å². The van der Waals surface area contributed by atoms with Crippen LogP contribution in [-0.2, 0) is 20.9 Å². The lowest BCUT2D eigenvalue weighted by molar-refractivity contribution is 0.0696. The maximum atomic E-state index is 12.0. The minimum absolute atomic E-state index is 0.0242. The second kappa shape index (κ2) is 6.02. The molecule has 0 atom stereocenters. The number of aromatic carboxylic acids is 1. The summed E-state index contributed by atoms with van der Waals surface area (Å²) in [5, 5.41) is 8.84. The quantitative estimate of drug-likeness (QED) is 0.849. The number of aromatic nitrogens is 1. The van der Waals surface area contributed by atoms with Crippen LogP contribution >= 0.6 is 0 Å². The van der Waals surface area contributed by atoms with Crippen molar-refractivity contribution in [3.8, 4) is 0 Å². The van der Waals surface area contributed by atoms with Crippen molar-refractivity contribution < 1.29 is 22.5 Å². The zero-order valence-corrected chi connectivity index (χ0v) is 12.0. The topological polar surface area (TPSA) is 93.6 Å². The molecular weight excluding hydrogens is 294 g/mol. The summed E-state index contributed by atoms with van der Waals surface area (Å²) in [6.45, 7) is 1.57. The highest BCUT2D eigenvalue weighted by Crippen LogP contribution is 2.15. The molecule has 0 radical (unpaired) electrons. The average Bonchev–Trinajstić information content (AvgIpc) is 2.46. The van der Waals surface area contributed by atoms with Crippen molar-refractivity contribution in [2.45, 2.75) is 18.4 Å². The van der Waals surface area contributed by atoms with Crippen molar-refractivity contribution in [1.29, 1.82) is 0 Å². The van der Waals surface area contributed by atoms with Gasteiger partial charge in [-0.1, -0.05) is 17.7 Å². The number of carboxylic acid groups (broad SMARTS) is 1. The number of aryl methyl sites for hydroxylation is 1. The fourth-order valence-corrected chi connectivity index (χ4v) is 2.50. The maximum absolute atomic E-state index is 12.0. The lowest BCUT2D eigenvalue weighted by atomic mass is 10.2. The predicted octanol–water partition coefficient (Wildman–Crippen LogP) is 1.99. The number of benzene rings is 1. The van der Waals surface area contributed by atoms with Gasteiger partial charge < -0.3 is 5.11 Å². The number of carbonyl (C=O) groups is 1. The van der Waals surface area contributed by atoms with Crippen molar-refractivity contribution in [3.63, 3.8) is 0 Å². The average molecular weight is 307 g/mol. The zero-order valence-electron chi connectivity index (χ0n) is 11.2. The van der Waals surface area contributed by atoms with E-state index in [1.807, 2.05) is 6.92 Å². The number of pyridine rings is 1. The molecule has 0 amide bonds. The molecule has 1 aromatic carbocycles. The first-order valence-electron chi connectivity index (χ1n) is 6.02. The van der Waals surface area contributed by atoms with Crippen LogP contribution in [0.1, 0.15) is 21.5 Å². The van der Waals surface area contributed by atoms with E-state index in [-0.39, 0.29) is 17.1 Å². The lowest BCUT2D eigenvalue weighted by Crippen LogP contribution is -2.07. The van der Waals surface area contributed by atoms with E-state index in [4.69, 9.17) is 9.29 Å². The molecule has 0 bridgehead atoms. The largest absolute Gasteiger partial charge is 0.478 e. The molecule has 1 heterocycles. The molecule has 2 aromatic rings. The molecule has 6 nitrogen and oxygen atoms in total. The molecule has 110 valence electrons. The Hall–Kier alpha value is -2.25. The molecule has 0 aliphatic carbocycles. The van der Waals surface area contributed by atoms with E-state index in [1.54, 1.807) is 12.1 Å². The van der Waals surface area contributed by atoms with E-state index in [0.29, 0.717) is 5.56 Å². The molecule has 0 fully saturated rings. The van der Waals surface area contributed by atoms with E-state index < -0.39 is 16.1 Å². The minimum atomic E-state index is -3.88. The summed E-state index contributed by atoms with van der Waals surface area (Å²) in [4.78, 5) is 14.6. The number of nitrogens with zero attached hydrogens (tertiary/aromatic N) is 1. The highest BCUT2D eigenvalue weighted by Gasteiger charge is 2.15. The summed E-state index contributed by atoms with van der Waals surface area (Å²) < 4.78 is 28.9. The summed E-state index contributed by atoms with van der Waals surface area (Å²) in [5.41, 5.74) is 1.28. The molecule has 21 heavy (non-hydrogen) atoms. The molecule has 0 unspecified atom stereocenters. The minimum Gasteiger partial charge on any atom is -0.478 e. The zero-order chi connectivity index (χ0) is 15.5. The Bertz CT molecular complexity index is 753. The molecule has 1 N–H and O–H groups in total. The van der Waals surface area contributed by atoms with E-state index in [1.165, 1.54) is 30.6 Å². The van der Waals surface area contributed by atoms with Crippen molar-refractivity contribution in [3.05, 3.63) is 59.4 Å². The van der Waals surface area contributed by atoms with Crippen LogP contribution in [0.15, 0.2) is 47.6 Å². The van der Waals surface area contributed by atoms with Crippen molar-refractivity contribution in [2.24, 2.45) is 0 Å². The van der Waals surface area contributed by atoms with Crippen LogP contribution in [0.2, 0.25) is 0 Å². The normalized spacial score (nSPS) is 11.3. The monoisotopic (exact) mass is 307 g/mol. The summed E-state index contributed by atoms with van der Waals surface area (Å²) >= 11 is 0. The Kier molecular flexibility index (Phi) is 4.35. The smallest absolute Gasteiger partial charge is 0.337 e. The number of hydrogen-bond acceptors (Lipinski definition) is 5. The molecule has 0 aliphatic heterocycles. The number of rotatable bonds is 5. The SMILES string of the molecule is Cc1ccc(S(=O)(=O)OCc2cncc(C(=O)O)c2)cc1. The van der Waals surface area contributed by atoms with E-state index in [0.717, 1.165) is 5.56 Å². The van der Waals surface area contributed by atoms with Gasteiger partial charge in [0.2, 0.25) is 0 Å². The van der Waals surface area contributed by atoms with E-state index >= 15 is 0 Å². The molecule has 1 aromatic heterocycles. The van der Waals surface area contributed by atoms with Gasteiger partial charge in [-0.15, -0.1) is 0 Å². The van der Waals surface area contributed by atoms with Gasteiger partial charge in [-0.2, -0.15) is 8.42 Å². The summed E-state index contributed by atoms with van der Waals surface area (Å²) in [6, 6.07) is 7.57. The molecular formula is C14H13NO5S. The third-order valence-electron chi connectivity index (χ3n) is 2.73. The molecule has 0 aliphatic rings. The highest BCUT2D eigenvalue weighted by atomic mass is 32.2. The Morgan fingerprint density at radius 3 is 2.52 bits per heavy atom. The van der Waals surface area contributed by atoms with Crippen LogP contribution in [0, 0.1) is 6.92 Å². The maximum Gasteiger partial charge on any atom is 0.337 e. The van der Waals surface area contributed by atoms with Gasteiger partial charge in [-0.25, -0.2) is 4.79 Å². The molecule has 0 saturated heterocycles. The number of hydrogen-bond donors (Lipinski definition) is 1. The highest BCUT2D eigenvalue weighted by molar-refractivity contribution is 7.86. The first kappa shape index (κ1) is 15.1. The number of carboxylic acids is 1. The molecule has 2 rings (SSSR count). The van der Waals surface area contributed by atoms with Crippen molar-refractivity contribution in [2.75, 3.05) is 0 Å². The first-order chi connectivity index (χ1) is 9.88. The van der Waals surface area contributed by atoms with Crippen LogP contribution in [0.5, 0.6) is 0 Å². The van der Waals surface area contributed by atoms with Crippen molar-refractivity contribution in [1.82, 2.24) is 4.98 Å². The Labute approximate surface area is 122 Å². The Morgan fingerprint density at radius 2 is 1.90 bits per heavy atom. The van der Waals surface area contributed by atoms with Gasteiger partial charge in [-0.05, 0) is 30.7 Å². The third-order valence-corrected chi connectivity index (χ3v) is 4.01. The van der Waals surface area contributed by atoms with Gasteiger partial charge in [0.1, 0.15) is 0 Å². The van der Waals surface area contributed by atoms with Crippen LogP contribution < -0.4 is 0 Å². The Balaban J connectivity index is 2.13. The van der Waals surface area contributed by atoms with E-state index in [2.05, 4.69) is 4.98 Å². The first-order valence-corrected chi connectivity index (χ1v) is 7.42. The molecule has 7 heteroatoms. The predicted molar refractivity (Wildman–Crippen MR) is 74.4 cm³/mol. The van der Waals surface area contributed by atoms with Gasteiger partial charge in [0, 0.05) is 12.4 Å². The van der Waals surface area contributed by atoms with Gasteiger partial charge in [-0.3, -0.25) is 9.17 Å². The Morgan fingerprint density at radius 1 is 1.24 bits per heavy atom. The lowest BCUT2D eigenvalue weighted by Gasteiger charge is -2.06. The summed E-state index contributed by atoms with van der Waals surface area (Å²) in [5.74, 6) is -1.13. The summed E-state index contributed by atoms with van der Waals surface area (Å²) in [7, 11) is -3.88.